The van der Waals surface area contributed by atoms with Gasteiger partial charge in [-0.2, -0.15) is 0 Å². The maximum absolute atomic E-state index is 11.4. The largest absolute Gasteiger partial charge is 0.464 e. The first-order valence-electron chi connectivity index (χ1n) is 8.00. The summed E-state index contributed by atoms with van der Waals surface area (Å²) in [5, 5.41) is 8.15. The number of carbonyl (C=O) groups is 1. The van der Waals surface area contributed by atoms with Crippen molar-refractivity contribution < 1.29 is 9.53 Å². The monoisotopic (exact) mass is 311 g/mol. The van der Waals surface area contributed by atoms with Gasteiger partial charge in [-0.25, -0.2) is 4.79 Å². The highest BCUT2D eigenvalue weighted by Gasteiger charge is 2.20. The fraction of sp³-hybridized carbons (Fsp3) is 0.389. The van der Waals surface area contributed by atoms with Crippen molar-refractivity contribution in [2.75, 3.05) is 25.1 Å². The molecule has 1 saturated heterocycles. The third kappa shape index (κ3) is 3.67. The predicted octanol–water partition coefficient (Wildman–Crippen LogP) is 3.04. The first kappa shape index (κ1) is 15.5. The Balaban J connectivity index is 1.67. The summed E-state index contributed by atoms with van der Waals surface area (Å²) in [6.07, 6.45) is 3.42. The van der Waals surface area contributed by atoms with Crippen molar-refractivity contribution in [3.63, 3.8) is 0 Å². The summed E-state index contributed by atoms with van der Waals surface area (Å²) in [6.45, 7) is 1.92. The van der Waals surface area contributed by atoms with Gasteiger partial charge < -0.3 is 9.64 Å². The molecule has 0 radical (unpaired) electrons. The van der Waals surface area contributed by atoms with E-state index in [-0.39, 0.29) is 5.69 Å². The van der Waals surface area contributed by atoms with Gasteiger partial charge in [-0.15, -0.1) is 10.2 Å². The van der Waals surface area contributed by atoms with Crippen molar-refractivity contribution in [3.05, 3.63) is 53.7 Å². The topological polar surface area (TPSA) is 55.3 Å². The molecule has 0 aliphatic carbocycles. The highest BCUT2D eigenvalue weighted by molar-refractivity contribution is 5.86. The molecule has 23 heavy (non-hydrogen) atoms. The normalized spacial score (nSPS) is 18.3. The van der Waals surface area contributed by atoms with Crippen molar-refractivity contribution in [1.82, 2.24) is 10.2 Å². The molecular formula is C18H21N3O2. The molecule has 1 aromatic heterocycles. The summed E-state index contributed by atoms with van der Waals surface area (Å²) in [5.74, 6) is 0.971. The van der Waals surface area contributed by atoms with Gasteiger partial charge in [0.25, 0.3) is 0 Å². The van der Waals surface area contributed by atoms with Crippen LogP contribution >= 0.6 is 0 Å². The van der Waals surface area contributed by atoms with Gasteiger partial charge in [-0.05, 0) is 42.9 Å². The molecule has 3 rings (SSSR count). The van der Waals surface area contributed by atoms with Crippen LogP contribution < -0.4 is 4.90 Å². The van der Waals surface area contributed by atoms with E-state index in [9.17, 15) is 4.79 Å². The molecule has 1 atom stereocenters. The summed E-state index contributed by atoms with van der Waals surface area (Å²) in [6, 6.07) is 14.2. The fourth-order valence-electron chi connectivity index (χ4n) is 3.09. The Hall–Kier alpha value is -2.43. The summed E-state index contributed by atoms with van der Waals surface area (Å²) in [4.78, 5) is 13.7. The van der Waals surface area contributed by atoms with E-state index in [0.29, 0.717) is 5.92 Å². The average Bonchev–Trinajstić information content (AvgIpc) is 2.88. The van der Waals surface area contributed by atoms with Gasteiger partial charge in [0.2, 0.25) is 0 Å². The van der Waals surface area contributed by atoms with Crippen molar-refractivity contribution in [3.8, 4) is 0 Å². The first-order valence-corrected chi connectivity index (χ1v) is 8.00. The molecule has 1 unspecified atom stereocenters. The molecule has 120 valence electrons. The number of rotatable bonds is 3. The molecule has 0 saturated carbocycles. The minimum Gasteiger partial charge on any atom is -0.464 e. The number of methoxy groups -OCH3 is 1. The summed E-state index contributed by atoms with van der Waals surface area (Å²) in [7, 11) is 1.34. The Labute approximate surface area is 136 Å². The number of hydrogen-bond acceptors (Lipinski definition) is 5. The molecular weight excluding hydrogens is 290 g/mol. The Morgan fingerprint density at radius 3 is 2.61 bits per heavy atom. The van der Waals surface area contributed by atoms with Crippen LogP contribution in [-0.2, 0) is 4.74 Å². The number of esters is 1. The smallest absolute Gasteiger partial charge is 0.358 e. The Kier molecular flexibility index (Phi) is 4.86. The molecule has 0 amide bonds. The highest BCUT2D eigenvalue weighted by Crippen LogP contribution is 2.29. The number of aromatic nitrogens is 2. The maximum Gasteiger partial charge on any atom is 0.358 e. The number of anilines is 1. The van der Waals surface area contributed by atoms with E-state index in [0.717, 1.165) is 31.7 Å². The summed E-state index contributed by atoms with van der Waals surface area (Å²) in [5.41, 5.74) is 1.66. The fourth-order valence-corrected chi connectivity index (χ4v) is 3.09. The summed E-state index contributed by atoms with van der Waals surface area (Å²) < 4.78 is 4.65. The van der Waals surface area contributed by atoms with E-state index >= 15 is 0 Å². The number of carbonyl (C=O) groups excluding carboxylic acids is 1. The van der Waals surface area contributed by atoms with Crippen molar-refractivity contribution in [2.45, 2.75) is 25.2 Å². The zero-order valence-electron chi connectivity index (χ0n) is 13.3. The van der Waals surface area contributed by atoms with Gasteiger partial charge in [-0.3, -0.25) is 0 Å². The van der Waals surface area contributed by atoms with Gasteiger partial charge in [0, 0.05) is 13.1 Å². The van der Waals surface area contributed by atoms with Crippen LogP contribution in [0.15, 0.2) is 42.5 Å². The van der Waals surface area contributed by atoms with Crippen molar-refractivity contribution >= 4 is 11.8 Å². The molecule has 0 bridgehead atoms. The van der Waals surface area contributed by atoms with Crippen molar-refractivity contribution in [1.29, 1.82) is 0 Å². The molecule has 5 heteroatoms. The minimum atomic E-state index is -0.455. The van der Waals surface area contributed by atoms with E-state index in [1.165, 1.54) is 19.1 Å². The molecule has 1 aromatic carbocycles. The third-order valence-corrected chi connectivity index (χ3v) is 4.37. The van der Waals surface area contributed by atoms with Crippen LogP contribution in [0.4, 0.5) is 5.82 Å². The van der Waals surface area contributed by atoms with Gasteiger partial charge in [0.05, 0.1) is 7.11 Å². The van der Waals surface area contributed by atoms with Crippen LogP contribution in [-0.4, -0.2) is 36.4 Å². The zero-order chi connectivity index (χ0) is 16.1. The second kappa shape index (κ2) is 7.22. The van der Waals surface area contributed by atoms with Crippen LogP contribution in [0.5, 0.6) is 0 Å². The van der Waals surface area contributed by atoms with E-state index in [1.54, 1.807) is 6.07 Å². The van der Waals surface area contributed by atoms with Crippen LogP contribution in [0.2, 0.25) is 0 Å². The number of ether oxygens (including phenoxy) is 1. The number of hydrogen-bond donors (Lipinski definition) is 0. The van der Waals surface area contributed by atoms with E-state index in [4.69, 9.17) is 0 Å². The molecule has 2 aromatic rings. The second-order valence-electron chi connectivity index (χ2n) is 5.79. The van der Waals surface area contributed by atoms with Gasteiger partial charge >= 0.3 is 5.97 Å². The average molecular weight is 311 g/mol. The molecule has 1 aliphatic heterocycles. The molecule has 1 fully saturated rings. The first-order chi connectivity index (χ1) is 11.3. The zero-order valence-corrected chi connectivity index (χ0v) is 13.3. The molecule has 0 N–H and O–H groups in total. The third-order valence-electron chi connectivity index (χ3n) is 4.37. The standard InChI is InChI=1S/C18H21N3O2/c1-23-18(22)16-9-10-17(20-19-16)21-12-5-8-15(11-13-21)14-6-3-2-4-7-14/h2-4,6-7,9-10,15H,5,8,11-13H2,1H3. The lowest BCUT2D eigenvalue weighted by molar-refractivity contribution is 0.0592. The minimum absolute atomic E-state index is 0.244. The second-order valence-corrected chi connectivity index (χ2v) is 5.79. The van der Waals surface area contributed by atoms with Crippen molar-refractivity contribution in [2.24, 2.45) is 0 Å². The Morgan fingerprint density at radius 1 is 1.09 bits per heavy atom. The van der Waals surface area contributed by atoms with Crippen LogP contribution in [0.1, 0.15) is 41.2 Å². The van der Waals surface area contributed by atoms with Gasteiger partial charge in [0.15, 0.2) is 11.5 Å². The lowest BCUT2D eigenvalue weighted by atomic mass is 9.92. The summed E-state index contributed by atoms with van der Waals surface area (Å²) >= 11 is 0. The molecule has 0 spiro atoms. The van der Waals surface area contributed by atoms with Gasteiger partial charge in [-0.1, -0.05) is 30.3 Å². The van der Waals surface area contributed by atoms with Crippen LogP contribution in [0, 0.1) is 0 Å². The number of benzene rings is 1. The van der Waals surface area contributed by atoms with E-state index in [1.807, 2.05) is 6.07 Å². The molecule has 1 aliphatic rings. The predicted molar refractivity (Wildman–Crippen MR) is 88.6 cm³/mol. The lowest BCUT2D eigenvalue weighted by Crippen LogP contribution is -2.25. The van der Waals surface area contributed by atoms with Gasteiger partial charge in [0.1, 0.15) is 0 Å². The van der Waals surface area contributed by atoms with Crippen LogP contribution in [0.25, 0.3) is 0 Å². The molecule has 2 heterocycles. The maximum atomic E-state index is 11.4. The highest BCUT2D eigenvalue weighted by atomic mass is 16.5. The lowest BCUT2D eigenvalue weighted by Gasteiger charge is -2.21. The molecule has 5 nitrogen and oxygen atoms in total. The number of nitrogens with zero attached hydrogens (tertiary/aromatic N) is 3. The van der Waals surface area contributed by atoms with Crippen LogP contribution in [0.3, 0.4) is 0 Å². The van der Waals surface area contributed by atoms with E-state index in [2.05, 4.69) is 50.2 Å². The van der Waals surface area contributed by atoms with E-state index < -0.39 is 5.97 Å². The quantitative estimate of drug-likeness (QED) is 0.816. The Bertz CT molecular complexity index is 643. The Morgan fingerprint density at radius 2 is 1.91 bits per heavy atom. The SMILES string of the molecule is COC(=O)c1ccc(N2CCCC(c3ccccc3)CC2)nn1.